The molecular formula is C16H11F2N3O2S. The maximum Gasteiger partial charge on any atom is 0.267 e. The van der Waals surface area contributed by atoms with Gasteiger partial charge in [-0.3, -0.25) is 4.79 Å². The quantitative estimate of drug-likeness (QED) is 0.726. The van der Waals surface area contributed by atoms with Crippen molar-refractivity contribution in [3.8, 4) is 10.8 Å². The lowest BCUT2D eigenvalue weighted by atomic mass is 10.1. The molecule has 0 bridgehead atoms. The summed E-state index contributed by atoms with van der Waals surface area (Å²) in [6, 6.07) is 6.89. The highest BCUT2D eigenvalue weighted by atomic mass is 32.1. The molecule has 1 aliphatic rings. The average Bonchev–Trinajstić information content (AvgIpc) is 3.27. The van der Waals surface area contributed by atoms with E-state index in [1.54, 1.807) is 0 Å². The zero-order valence-electron chi connectivity index (χ0n) is 12.3. The van der Waals surface area contributed by atoms with Gasteiger partial charge < -0.3 is 9.42 Å². The van der Waals surface area contributed by atoms with Crippen LogP contribution >= 0.6 is 11.3 Å². The number of anilines is 1. The second-order valence-electron chi connectivity index (χ2n) is 5.44. The summed E-state index contributed by atoms with van der Waals surface area (Å²) in [4.78, 5) is 18.7. The van der Waals surface area contributed by atoms with Crippen LogP contribution in [0.5, 0.6) is 0 Å². The van der Waals surface area contributed by atoms with Gasteiger partial charge in [-0.05, 0) is 23.6 Å². The summed E-state index contributed by atoms with van der Waals surface area (Å²) in [5.74, 6) is -1.18. The van der Waals surface area contributed by atoms with Gasteiger partial charge in [0.15, 0.2) is 5.82 Å². The summed E-state index contributed by atoms with van der Waals surface area (Å²) in [5, 5.41) is 5.84. The summed E-state index contributed by atoms with van der Waals surface area (Å²) in [7, 11) is 0. The number of thiophene rings is 1. The Labute approximate surface area is 139 Å². The molecule has 2 aromatic heterocycles. The van der Waals surface area contributed by atoms with Crippen molar-refractivity contribution >= 4 is 22.9 Å². The molecule has 0 radical (unpaired) electrons. The Morgan fingerprint density at radius 3 is 2.92 bits per heavy atom. The number of amides is 1. The maximum atomic E-state index is 13.9. The van der Waals surface area contributed by atoms with Crippen LogP contribution < -0.4 is 4.90 Å². The van der Waals surface area contributed by atoms with E-state index in [-0.39, 0.29) is 30.5 Å². The number of aromatic nitrogens is 2. The molecule has 5 nitrogen and oxygen atoms in total. The standard InChI is InChI=1S/C16H11F2N3O2S/c17-10-3-4-12(11(18)7-10)21-8-9(6-14(21)22)15-19-16(23-20-15)13-2-1-5-24-13/h1-5,7,9H,6,8H2. The van der Waals surface area contributed by atoms with E-state index in [1.165, 1.54) is 22.3 Å². The summed E-state index contributed by atoms with van der Waals surface area (Å²) in [6.07, 6.45) is 0.153. The molecule has 1 atom stereocenters. The van der Waals surface area contributed by atoms with Crippen molar-refractivity contribution in [2.24, 2.45) is 0 Å². The topological polar surface area (TPSA) is 59.2 Å². The molecule has 1 saturated heterocycles. The molecule has 1 aliphatic heterocycles. The van der Waals surface area contributed by atoms with Crippen LogP contribution in [-0.4, -0.2) is 22.6 Å². The third-order valence-corrected chi connectivity index (χ3v) is 4.72. The smallest absolute Gasteiger partial charge is 0.267 e. The number of hydrogen-bond donors (Lipinski definition) is 0. The van der Waals surface area contributed by atoms with E-state index in [0.717, 1.165) is 17.0 Å². The second kappa shape index (κ2) is 5.79. The minimum absolute atomic E-state index is 0.0610. The number of benzene rings is 1. The van der Waals surface area contributed by atoms with Gasteiger partial charge in [0.25, 0.3) is 5.89 Å². The highest BCUT2D eigenvalue weighted by Gasteiger charge is 2.35. The van der Waals surface area contributed by atoms with Crippen LogP contribution in [0.2, 0.25) is 0 Å². The van der Waals surface area contributed by atoms with E-state index in [9.17, 15) is 13.6 Å². The molecule has 4 rings (SSSR count). The zero-order chi connectivity index (χ0) is 16.7. The number of hydrogen-bond acceptors (Lipinski definition) is 5. The third kappa shape index (κ3) is 2.58. The number of halogens is 2. The van der Waals surface area contributed by atoms with Gasteiger partial charge in [0, 0.05) is 24.9 Å². The molecule has 1 unspecified atom stereocenters. The number of rotatable bonds is 3. The number of carbonyl (C=O) groups excluding carboxylic acids is 1. The summed E-state index contributed by atoms with van der Waals surface area (Å²) < 4.78 is 32.2. The van der Waals surface area contributed by atoms with Gasteiger partial charge in [-0.2, -0.15) is 4.98 Å². The third-order valence-electron chi connectivity index (χ3n) is 3.86. The van der Waals surface area contributed by atoms with Crippen LogP contribution in [0, 0.1) is 11.6 Å². The van der Waals surface area contributed by atoms with Crippen molar-refractivity contribution in [2.75, 3.05) is 11.4 Å². The van der Waals surface area contributed by atoms with Gasteiger partial charge in [0.05, 0.1) is 10.6 Å². The molecule has 0 spiro atoms. The van der Waals surface area contributed by atoms with Crippen molar-refractivity contribution in [1.82, 2.24) is 10.1 Å². The molecule has 3 aromatic rings. The highest BCUT2D eigenvalue weighted by Crippen LogP contribution is 2.33. The first-order valence-electron chi connectivity index (χ1n) is 7.24. The monoisotopic (exact) mass is 347 g/mol. The van der Waals surface area contributed by atoms with Crippen molar-refractivity contribution in [3.05, 3.63) is 53.2 Å². The van der Waals surface area contributed by atoms with E-state index < -0.39 is 11.6 Å². The number of nitrogens with zero attached hydrogens (tertiary/aromatic N) is 3. The molecule has 0 N–H and O–H groups in total. The van der Waals surface area contributed by atoms with Crippen LogP contribution in [0.3, 0.4) is 0 Å². The van der Waals surface area contributed by atoms with Crippen molar-refractivity contribution in [2.45, 2.75) is 12.3 Å². The Balaban J connectivity index is 1.58. The zero-order valence-corrected chi connectivity index (χ0v) is 13.1. The first-order chi connectivity index (χ1) is 11.6. The van der Waals surface area contributed by atoms with Crippen LogP contribution in [0.1, 0.15) is 18.2 Å². The number of carbonyl (C=O) groups is 1. The summed E-state index contributed by atoms with van der Waals surface area (Å²) in [6.45, 7) is 0.227. The van der Waals surface area contributed by atoms with Gasteiger partial charge in [-0.25, -0.2) is 8.78 Å². The lowest BCUT2D eigenvalue weighted by Gasteiger charge is -2.16. The van der Waals surface area contributed by atoms with Crippen molar-refractivity contribution < 1.29 is 18.1 Å². The van der Waals surface area contributed by atoms with Gasteiger partial charge in [-0.15, -0.1) is 11.3 Å². The Kier molecular flexibility index (Phi) is 3.61. The van der Waals surface area contributed by atoms with E-state index in [2.05, 4.69) is 10.1 Å². The molecule has 1 aromatic carbocycles. The predicted octanol–water partition coefficient (Wildman–Crippen LogP) is 3.60. The van der Waals surface area contributed by atoms with E-state index >= 15 is 0 Å². The van der Waals surface area contributed by atoms with E-state index in [1.807, 2.05) is 17.5 Å². The molecule has 24 heavy (non-hydrogen) atoms. The molecule has 1 amide bonds. The normalized spacial score (nSPS) is 17.7. The molecular weight excluding hydrogens is 336 g/mol. The highest BCUT2D eigenvalue weighted by molar-refractivity contribution is 7.13. The molecule has 3 heterocycles. The molecule has 8 heteroatoms. The van der Waals surface area contributed by atoms with Crippen LogP contribution in [0.15, 0.2) is 40.2 Å². The van der Waals surface area contributed by atoms with Gasteiger partial charge in [0.2, 0.25) is 5.91 Å². The molecule has 122 valence electrons. The van der Waals surface area contributed by atoms with E-state index in [0.29, 0.717) is 11.7 Å². The summed E-state index contributed by atoms with van der Waals surface area (Å²) in [5.41, 5.74) is 0.0610. The van der Waals surface area contributed by atoms with Crippen molar-refractivity contribution in [3.63, 3.8) is 0 Å². The Bertz CT molecular complexity index is 895. The van der Waals surface area contributed by atoms with Crippen LogP contribution in [-0.2, 0) is 4.79 Å². The first-order valence-corrected chi connectivity index (χ1v) is 8.12. The fourth-order valence-corrected chi connectivity index (χ4v) is 3.36. The molecule has 0 aliphatic carbocycles. The summed E-state index contributed by atoms with van der Waals surface area (Å²) >= 11 is 1.47. The van der Waals surface area contributed by atoms with Crippen LogP contribution in [0.25, 0.3) is 10.8 Å². The Hall–Kier alpha value is -2.61. The fourth-order valence-electron chi connectivity index (χ4n) is 2.71. The second-order valence-corrected chi connectivity index (χ2v) is 6.38. The minimum atomic E-state index is -0.767. The largest absolute Gasteiger partial charge is 0.333 e. The SMILES string of the molecule is O=C1CC(c2noc(-c3cccs3)n2)CN1c1ccc(F)cc1F. The Morgan fingerprint density at radius 2 is 2.17 bits per heavy atom. The fraction of sp³-hybridized carbons (Fsp3) is 0.188. The molecule has 1 fully saturated rings. The van der Waals surface area contributed by atoms with Crippen molar-refractivity contribution in [1.29, 1.82) is 0 Å². The predicted molar refractivity (Wildman–Crippen MR) is 83.7 cm³/mol. The van der Waals surface area contributed by atoms with Crippen LogP contribution in [0.4, 0.5) is 14.5 Å². The lowest BCUT2D eigenvalue weighted by molar-refractivity contribution is -0.117. The Morgan fingerprint density at radius 1 is 1.29 bits per heavy atom. The lowest BCUT2D eigenvalue weighted by Crippen LogP contribution is -2.25. The maximum absolute atomic E-state index is 13.9. The van der Waals surface area contributed by atoms with Gasteiger partial charge >= 0.3 is 0 Å². The first kappa shape index (κ1) is 14.9. The van der Waals surface area contributed by atoms with E-state index in [4.69, 9.17) is 4.52 Å². The minimum Gasteiger partial charge on any atom is -0.333 e. The average molecular weight is 347 g/mol. The van der Waals surface area contributed by atoms with Gasteiger partial charge in [0.1, 0.15) is 11.6 Å². The van der Waals surface area contributed by atoms with Gasteiger partial charge in [-0.1, -0.05) is 11.2 Å². The molecule has 0 saturated carbocycles.